The van der Waals surface area contributed by atoms with Gasteiger partial charge < -0.3 is 14.1 Å². The zero-order valence-electron chi connectivity index (χ0n) is 16.7. The Labute approximate surface area is 183 Å². The lowest BCUT2D eigenvalue weighted by molar-refractivity contribution is 0.0774. The molecule has 158 valence electrons. The molecule has 1 N–H and O–H groups in total. The fraction of sp³-hybridized carbons (Fsp3) is 0.190. The third-order valence-electron chi connectivity index (χ3n) is 4.33. The molecule has 7 nitrogen and oxygen atoms in total. The summed E-state index contributed by atoms with van der Waals surface area (Å²) in [6.45, 7) is 2.11. The van der Waals surface area contributed by atoms with Gasteiger partial charge in [-0.15, -0.1) is 0 Å². The number of carbonyl (C=O) groups is 1. The smallest absolute Gasteiger partial charge is 0.261 e. The molecule has 0 atom stereocenters. The molecule has 1 aromatic heterocycles. The van der Waals surface area contributed by atoms with Crippen molar-refractivity contribution in [3.8, 4) is 5.75 Å². The van der Waals surface area contributed by atoms with Crippen LogP contribution in [0.2, 0.25) is 0 Å². The third kappa shape index (κ3) is 5.03. The van der Waals surface area contributed by atoms with E-state index in [0.717, 1.165) is 5.76 Å². The first-order valence-corrected chi connectivity index (χ1v) is 11.2. The fourth-order valence-corrected chi connectivity index (χ4v) is 4.47. The van der Waals surface area contributed by atoms with Gasteiger partial charge in [-0.1, -0.05) is 6.07 Å². The first-order chi connectivity index (χ1) is 14.2. The number of nitrogens with zero attached hydrogens (tertiary/aromatic N) is 1. The lowest BCUT2D eigenvalue weighted by atomic mass is 10.2. The fourth-order valence-electron chi connectivity index (χ4n) is 2.84. The first-order valence-electron chi connectivity index (χ1n) is 8.97. The van der Waals surface area contributed by atoms with Crippen LogP contribution in [0.25, 0.3) is 0 Å². The quantitative estimate of drug-likeness (QED) is 0.526. The largest absolute Gasteiger partial charge is 0.496 e. The number of carbonyl (C=O) groups excluding carboxylic acids is 1. The molecule has 1 heterocycles. The summed E-state index contributed by atoms with van der Waals surface area (Å²) < 4.78 is 39.4. The summed E-state index contributed by atoms with van der Waals surface area (Å²) >= 11 is 3.33. The molecule has 0 radical (unpaired) electrons. The van der Waals surface area contributed by atoms with Crippen molar-refractivity contribution >= 4 is 37.5 Å². The molecule has 0 bridgehead atoms. The van der Waals surface area contributed by atoms with Gasteiger partial charge in [0.2, 0.25) is 0 Å². The summed E-state index contributed by atoms with van der Waals surface area (Å²) in [6.07, 6.45) is 0. The predicted octanol–water partition coefficient (Wildman–Crippen LogP) is 4.43. The Kier molecular flexibility index (Phi) is 6.52. The van der Waals surface area contributed by atoms with Crippen molar-refractivity contribution < 1.29 is 22.4 Å². The van der Waals surface area contributed by atoms with Gasteiger partial charge in [-0.05, 0) is 71.4 Å². The van der Waals surface area contributed by atoms with E-state index in [1.807, 2.05) is 13.0 Å². The van der Waals surface area contributed by atoms with Crippen LogP contribution >= 0.6 is 15.9 Å². The zero-order chi connectivity index (χ0) is 21.9. The Morgan fingerprint density at radius 2 is 1.93 bits per heavy atom. The summed E-state index contributed by atoms with van der Waals surface area (Å²) in [5.74, 6) is 1.68. The van der Waals surface area contributed by atoms with Crippen LogP contribution in [0.15, 0.2) is 68.4 Å². The van der Waals surface area contributed by atoms with Crippen molar-refractivity contribution in [1.29, 1.82) is 0 Å². The van der Waals surface area contributed by atoms with Crippen molar-refractivity contribution in [2.75, 3.05) is 18.9 Å². The van der Waals surface area contributed by atoms with E-state index in [4.69, 9.17) is 9.15 Å². The SMILES string of the molecule is COc1ccc(NS(=O)(=O)c2cccc(C(=O)N(C)Cc3ccc(C)o3)c2)cc1Br. The second-order valence-corrected chi connectivity index (χ2v) is 9.19. The molecular weight excluding hydrogens is 472 g/mol. The molecule has 0 saturated heterocycles. The number of halogens is 1. The van der Waals surface area contributed by atoms with Crippen molar-refractivity contribution in [2.45, 2.75) is 18.4 Å². The van der Waals surface area contributed by atoms with Gasteiger partial charge in [-0.3, -0.25) is 9.52 Å². The minimum Gasteiger partial charge on any atom is -0.496 e. The van der Waals surface area contributed by atoms with E-state index in [9.17, 15) is 13.2 Å². The van der Waals surface area contributed by atoms with Gasteiger partial charge in [0.1, 0.15) is 17.3 Å². The number of sulfonamides is 1. The van der Waals surface area contributed by atoms with Crippen LogP contribution in [-0.2, 0) is 16.6 Å². The van der Waals surface area contributed by atoms with Crippen molar-refractivity contribution in [3.63, 3.8) is 0 Å². The van der Waals surface area contributed by atoms with Crippen LogP contribution in [0.5, 0.6) is 5.75 Å². The van der Waals surface area contributed by atoms with E-state index in [-0.39, 0.29) is 22.9 Å². The van der Waals surface area contributed by atoms with E-state index in [0.29, 0.717) is 21.7 Å². The molecule has 3 aromatic rings. The van der Waals surface area contributed by atoms with Crippen LogP contribution < -0.4 is 9.46 Å². The summed E-state index contributed by atoms with van der Waals surface area (Å²) in [5, 5.41) is 0. The van der Waals surface area contributed by atoms with Gasteiger partial charge in [0.05, 0.1) is 28.7 Å². The van der Waals surface area contributed by atoms with Crippen molar-refractivity contribution in [2.24, 2.45) is 0 Å². The van der Waals surface area contributed by atoms with Crippen LogP contribution in [0, 0.1) is 6.92 Å². The molecule has 0 aliphatic rings. The summed E-state index contributed by atoms with van der Waals surface area (Å²) in [4.78, 5) is 14.2. The highest BCUT2D eigenvalue weighted by molar-refractivity contribution is 9.10. The third-order valence-corrected chi connectivity index (χ3v) is 6.33. The maximum absolute atomic E-state index is 12.8. The lowest BCUT2D eigenvalue weighted by Gasteiger charge is -2.16. The summed E-state index contributed by atoms with van der Waals surface area (Å²) in [5.41, 5.74) is 0.629. The lowest BCUT2D eigenvalue weighted by Crippen LogP contribution is -2.26. The van der Waals surface area contributed by atoms with Gasteiger partial charge >= 0.3 is 0 Å². The maximum atomic E-state index is 12.8. The van der Waals surface area contributed by atoms with E-state index in [2.05, 4.69) is 20.7 Å². The Morgan fingerprint density at radius 3 is 2.57 bits per heavy atom. The molecule has 3 rings (SSSR count). The van der Waals surface area contributed by atoms with Gasteiger partial charge in [0, 0.05) is 12.6 Å². The Bertz CT molecular complexity index is 1170. The molecule has 0 aliphatic carbocycles. The molecule has 0 unspecified atom stereocenters. The van der Waals surface area contributed by atoms with E-state index < -0.39 is 10.0 Å². The molecule has 9 heteroatoms. The number of hydrogen-bond donors (Lipinski definition) is 1. The molecule has 2 aromatic carbocycles. The molecule has 1 amide bonds. The number of nitrogens with one attached hydrogen (secondary N) is 1. The highest BCUT2D eigenvalue weighted by Gasteiger charge is 2.19. The van der Waals surface area contributed by atoms with Crippen molar-refractivity contribution in [3.05, 3.63) is 76.2 Å². The molecule has 30 heavy (non-hydrogen) atoms. The zero-order valence-corrected chi connectivity index (χ0v) is 19.1. The Balaban J connectivity index is 1.79. The number of benzene rings is 2. The highest BCUT2D eigenvalue weighted by Crippen LogP contribution is 2.29. The maximum Gasteiger partial charge on any atom is 0.261 e. The van der Waals surface area contributed by atoms with Crippen LogP contribution in [-0.4, -0.2) is 33.4 Å². The monoisotopic (exact) mass is 492 g/mol. The molecular formula is C21H21BrN2O5S. The number of rotatable bonds is 7. The first kappa shape index (κ1) is 21.9. The number of ether oxygens (including phenoxy) is 1. The average Bonchev–Trinajstić information content (AvgIpc) is 3.12. The second-order valence-electron chi connectivity index (χ2n) is 6.66. The van der Waals surface area contributed by atoms with Gasteiger partial charge in [0.25, 0.3) is 15.9 Å². The van der Waals surface area contributed by atoms with Crippen molar-refractivity contribution in [1.82, 2.24) is 4.90 Å². The number of hydrogen-bond acceptors (Lipinski definition) is 5. The molecule has 0 fully saturated rings. The normalized spacial score (nSPS) is 11.2. The van der Waals surface area contributed by atoms with Crippen LogP contribution in [0.3, 0.4) is 0 Å². The topological polar surface area (TPSA) is 88.8 Å². The summed E-state index contributed by atoms with van der Waals surface area (Å²) in [7, 11) is -0.730. The molecule has 0 aliphatic heterocycles. The predicted molar refractivity (Wildman–Crippen MR) is 117 cm³/mol. The van der Waals surface area contributed by atoms with Gasteiger partial charge in [-0.25, -0.2) is 8.42 Å². The van der Waals surface area contributed by atoms with E-state index >= 15 is 0 Å². The Morgan fingerprint density at radius 1 is 1.17 bits per heavy atom. The average molecular weight is 493 g/mol. The van der Waals surface area contributed by atoms with E-state index in [1.165, 1.54) is 30.2 Å². The summed E-state index contributed by atoms with van der Waals surface area (Å²) in [6, 6.07) is 14.4. The number of aryl methyl sites for hydroxylation is 1. The number of methoxy groups -OCH3 is 1. The van der Waals surface area contributed by atoms with Gasteiger partial charge in [-0.2, -0.15) is 0 Å². The Hall–Kier alpha value is -2.78. The second kappa shape index (κ2) is 8.93. The van der Waals surface area contributed by atoms with Crippen LogP contribution in [0.1, 0.15) is 21.9 Å². The highest BCUT2D eigenvalue weighted by atomic mass is 79.9. The number of anilines is 1. The minimum absolute atomic E-state index is 0.0115. The molecule has 0 spiro atoms. The standard InChI is InChI=1S/C21H21BrN2O5S/c1-14-7-9-17(29-14)13-24(2)21(25)15-5-4-6-18(11-15)30(26,27)23-16-8-10-20(28-3)19(22)12-16/h4-12,23H,13H2,1-3H3. The van der Waals surface area contributed by atoms with Crippen LogP contribution in [0.4, 0.5) is 5.69 Å². The minimum atomic E-state index is -3.89. The number of amides is 1. The molecule has 0 saturated carbocycles. The van der Waals surface area contributed by atoms with E-state index in [1.54, 1.807) is 37.4 Å². The number of furan rings is 1. The van der Waals surface area contributed by atoms with Gasteiger partial charge in [0.15, 0.2) is 0 Å².